The summed E-state index contributed by atoms with van der Waals surface area (Å²) >= 11 is 0. The fraction of sp³-hybridized carbons (Fsp3) is 0.375. The molecule has 0 radical (unpaired) electrons. The summed E-state index contributed by atoms with van der Waals surface area (Å²) in [6.45, 7) is -0.460. The van der Waals surface area contributed by atoms with Crippen molar-refractivity contribution in [3.8, 4) is 0 Å². The molecule has 2 heterocycles. The van der Waals surface area contributed by atoms with Crippen LogP contribution in [-0.4, -0.2) is 71.9 Å². The number of hydroxylamine groups is 2. The number of fused-ring (bicyclic) bond motifs is 2. The minimum absolute atomic E-state index is 0.0227. The second-order valence-corrected chi connectivity index (χ2v) is 7.86. The molecule has 31 heavy (non-hydrogen) atoms. The van der Waals surface area contributed by atoms with Crippen LogP contribution >= 0.6 is 0 Å². The van der Waals surface area contributed by atoms with Crippen LogP contribution in [0.3, 0.4) is 0 Å². The molecule has 1 aromatic rings. The lowest BCUT2D eigenvalue weighted by Gasteiger charge is -2.29. The number of piperidine rings is 1. The van der Waals surface area contributed by atoms with Crippen LogP contribution in [0.1, 0.15) is 23.2 Å². The first-order valence-electron chi connectivity index (χ1n) is 9.04. The second-order valence-electron chi connectivity index (χ2n) is 6.86. The molecule has 0 aliphatic carbocycles. The molecule has 0 saturated carbocycles. The van der Waals surface area contributed by atoms with E-state index in [1.165, 1.54) is 12.1 Å². The normalized spacial score (nSPS) is 20.4. The summed E-state index contributed by atoms with van der Waals surface area (Å²) in [7, 11) is -4.89. The lowest BCUT2D eigenvalue weighted by molar-refractivity contribution is -0.129. The quantitative estimate of drug-likeness (QED) is 0.185. The van der Waals surface area contributed by atoms with E-state index in [9.17, 15) is 27.6 Å². The highest BCUT2D eigenvalue weighted by Gasteiger charge is 2.49. The van der Waals surface area contributed by atoms with E-state index in [1.54, 1.807) is 12.1 Å². The van der Waals surface area contributed by atoms with E-state index in [2.05, 4.69) is 20.5 Å². The number of hydrogen-bond donors (Lipinski definition) is 5. The van der Waals surface area contributed by atoms with Gasteiger partial charge in [-0.2, -0.15) is 13.5 Å². The van der Waals surface area contributed by atoms with Gasteiger partial charge in [0, 0.05) is 17.8 Å². The number of nitrogens with one attached hydrogen (secondary N) is 3. The molecule has 2 bridgehead atoms. The maximum Gasteiger partial charge on any atom is 0.418 e. The van der Waals surface area contributed by atoms with Gasteiger partial charge in [-0.05, 0) is 31.0 Å². The molecule has 0 spiro atoms. The van der Waals surface area contributed by atoms with E-state index in [0.29, 0.717) is 10.8 Å². The molecule has 5 amide bonds. The number of amides is 5. The molecule has 2 saturated heterocycles. The summed E-state index contributed by atoms with van der Waals surface area (Å²) in [5.74, 6) is -1.96. The smallest absolute Gasteiger partial charge is 0.399 e. The molecule has 2 aliphatic rings. The molecule has 6 N–H and O–H groups in total. The Bertz CT molecular complexity index is 1020. The first kappa shape index (κ1) is 22.3. The largest absolute Gasteiger partial charge is 0.418 e. The first-order chi connectivity index (χ1) is 14.5. The van der Waals surface area contributed by atoms with Crippen molar-refractivity contribution in [1.82, 2.24) is 26.1 Å². The van der Waals surface area contributed by atoms with Gasteiger partial charge in [0.1, 0.15) is 6.04 Å². The molecular formula is C16H20N6O8S. The maximum absolute atomic E-state index is 12.4. The zero-order valence-electron chi connectivity index (χ0n) is 16.0. The van der Waals surface area contributed by atoms with Gasteiger partial charge in [0.2, 0.25) is 5.91 Å². The summed E-state index contributed by atoms with van der Waals surface area (Å²) in [4.78, 5) is 49.6. The van der Waals surface area contributed by atoms with Crippen molar-refractivity contribution in [2.24, 2.45) is 0 Å². The van der Waals surface area contributed by atoms with Gasteiger partial charge in [0.25, 0.3) is 11.8 Å². The standard InChI is InChI=1S/C16H20N6O8S/c17-10-3-1-2-9(6-10)14(24)20-19-13(23)7-18-15(25)12-5-4-11-8-21(12)16(26)22(11)30-31(27,28)29/h1-3,6,11-12H,4-5,7-8,17H2,(H,18,25)(H,19,23)(H,20,24)(H,27,28,29)/t11?,12-/m0/s1. The highest BCUT2D eigenvalue weighted by molar-refractivity contribution is 7.80. The molecule has 2 aliphatic heterocycles. The third-order valence-electron chi connectivity index (χ3n) is 4.69. The molecular weight excluding hydrogens is 436 g/mol. The van der Waals surface area contributed by atoms with Gasteiger partial charge in [0.05, 0.1) is 12.6 Å². The van der Waals surface area contributed by atoms with Crippen molar-refractivity contribution in [3.63, 3.8) is 0 Å². The van der Waals surface area contributed by atoms with Crippen molar-refractivity contribution >= 4 is 39.8 Å². The Labute approximate surface area is 176 Å². The number of nitrogen functional groups attached to an aromatic ring is 1. The van der Waals surface area contributed by atoms with Crippen LogP contribution in [0.4, 0.5) is 10.5 Å². The zero-order valence-corrected chi connectivity index (χ0v) is 16.8. The molecule has 15 heteroatoms. The topological polar surface area (TPSA) is 200 Å². The Morgan fingerprint density at radius 2 is 1.97 bits per heavy atom. The van der Waals surface area contributed by atoms with Crippen molar-refractivity contribution in [3.05, 3.63) is 29.8 Å². The van der Waals surface area contributed by atoms with Crippen molar-refractivity contribution in [2.45, 2.75) is 24.9 Å². The molecule has 2 fully saturated rings. The van der Waals surface area contributed by atoms with Gasteiger partial charge in [0.15, 0.2) is 0 Å². The Hall–Kier alpha value is -3.43. The van der Waals surface area contributed by atoms with Crippen LogP contribution in [0.25, 0.3) is 0 Å². The van der Waals surface area contributed by atoms with E-state index in [-0.39, 0.29) is 24.9 Å². The lowest BCUT2D eigenvalue weighted by atomic mass is 10.0. The van der Waals surface area contributed by atoms with Gasteiger partial charge in [-0.3, -0.25) is 29.8 Å². The second kappa shape index (κ2) is 8.75. The maximum atomic E-state index is 12.4. The van der Waals surface area contributed by atoms with Crippen LogP contribution < -0.4 is 21.9 Å². The Balaban J connectivity index is 1.48. The molecule has 14 nitrogen and oxygen atoms in total. The van der Waals surface area contributed by atoms with Gasteiger partial charge in [-0.15, -0.1) is 4.28 Å². The van der Waals surface area contributed by atoms with E-state index in [4.69, 9.17) is 10.3 Å². The van der Waals surface area contributed by atoms with Crippen LogP contribution in [-0.2, 0) is 24.3 Å². The van der Waals surface area contributed by atoms with E-state index in [0.717, 1.165) is 4.90 Å². The number of rotatable bonds is 6. The van der Waals surface area contributed by atoms with E-state index in [1.807, 2.05) is 0 Å². The number of carbonyl (C=O) groups excluding carboxylic acids is 4. The average molecular weight is 456 g/mol. The van der Waals surface area contributed by atoms with Gasteiger partial charge >= 0.3 is 16.4 Å². The van der Waals surface area contributed by atoms with Crippen molar-refractivity contribution < 1.29 is 36.4 Å². The monoisotopic (exact) mass is 456 g/mol. The number of anilines is 1. The van der Waals surface area contributed by atoms with Gasteiger partial charge in [-0.1, -0.05) is 6.07 Å². The first-order valence-corrected chi connectivity index (χ1v) is 10.4. The Morgan fingerprint density at radius 3 is 2.65 bits per heavy atom. The number of hydrogen-bond acceptors (Lipinski definition) is 8. The number of nitrogens with two attached hydrogens (primary N) is 1. The van der Waals surface area contributed by atoms with Crippen LogP contribution in [0, 0.1) is 0 Å². The Kier molecular flexibility index (Phi) is 6.28. The summed E-state index contributed by atoms with van der Waals surface area (Å²) in [5, 5.41) is 2.86. The fourth-order valence-electron chi connectivity index (χ4n) is 3.31. The predicted molar refractivity (Wildman–Crippen MR) is 103 cm³/mol. The highest BCUT2D eigenvalue weighted by atomic mass is 32.3. The molecule has 2 atom stereocenters. The molecule has 3 rings (SSSR count). The van der Waals surface area contributed by atoms with Crippen molar-refractivity contribution in [2.75, 3.05) is 18.8 Å². The van der Waals surface area contributed by atoms with Crippen molar-refractivity contribution in [1.29, 1.82) is 0 Å². The fourth-order valence-corrected chi connectivity index (χ4v) is 3.70. The number of hydrazine groups is 1. The molecule has 1 unspecified atom stereocenters. The predicted octanol–water partition coefficient (Wildman–Crippen LogP) is -1.85. The molecule has 0 aromatic heterocycles. The lowest BCUT2D eigenvalue weighted by Crippen LogP contribution is -2.52. The Morgan fingerprint density at radius 1 is 1.23 bits per heavy atom. The van der Waals surface area contributed by atoms with Crippen LogP contribution in [0.5, 0.6) is 0 Å². The zero-order chi connectivity index (χ0) is 22.8. The summed E-state index contributed by atoms with van der Waals surface area (Å²) in [6.07, 6.45) is 0.444. The molecule has 168 valence electrons. The number of urea groups is 1. The summed E-state index contributed by atoms with van der Waals surface area (Å²) < 4.78 is 34.8. The summed E-state index contributed by atoms with van der Waals surface area (Å²) in [6, 6.07) is 3.61. The highest BCUT2D eigenvalue weighted by Crippen LogP contribution is 2.30. The van der Waals surface area contributed by atoms with Gasteiger partial charge < -0.3 is 16.0 Å². The number of nitrogens with zero attached hydrogens (tertiary/aromatic N) is 2. The average Bonchev–Trinajstić information content (AvgIpc) is 2.93. The van der Waals surface area contributed by atoms with Crippen LogP contribution in [0.2, 0.25) is 0 Å². The number of carbonyl (C=O) groups is 4. The number of benzene rings is 1. The minimum atomic E-state index is -4.89. The van der Waals surface area contributed by atoms with E-state index >= 15 is 0 Å². The SMILES string of the molecule is Nc1cccc(C(=O)NNC(=O)CNC(=O)[C@@H]2CCC3CN2C(=O)N3OS(=O)(=O)O)c1. The van der Waals surface area contributed by atoms with Gasteiger partial charge in [-0.25, -0.2) is 4.79 Å². The minimum Gasteiger partial charge on any atom is -0.399 e. The third kappa shape index (κ3) is 5.39. The third-order valence-corrected chi connectivity index (χ3v) is 5.04. The van der Waals surface area contributed by atoms with Crippen LogP contribution in [0.15, 0.2) is 24.3 Å². The molecule has 1 aromatic carbocycles. The summed E-state index contributed by atoms with van der Waals surface area (Å²) in [5.41, 5.74) is 10.5. The van der Waals surface area contributed by atoms with E-state index < -0.39 is 52.8 Å².